The van der Waals surface area contributed by atoms with E-state index >= 15 is 0 Å². The van der Waals surface area contributed by atoms with E-state index in [1.807, 2.05) is 0 Å². The summed E-state index contributed by atoms with van der Waals surface area (Å²) in [6.45, 7) is 2.75. The minimum absolute atomic E-state index is 0.0137. The standard InChI is InChI=1S/C20H19F6NO3S/c1-13(2)12-30-18(28)11-27-31(29,16-7-3-5-14(9-16)19(21,22)23)17-8-4-6-15(10-17)20(24,25)26/h3-10,13H,11-12H2,1-2H3. The third kappa shape index (κ3) is 6.46. The van der Waals surface area contributed by atoms with E-state index in [0.717, 1.165) is 36.4 Å². The Hall–Kier alpha value is -2.56. The van der Waals surface area contributed by atoms with Crippen molar-refractivity contribution in [1.29, 1.82) is 0 Å². The second-order valence-electron chi connectivity index (χ2n) is 6.94. The van der Waals surface area contributed by atoms with E-state index in [4.69, 9.17) is 4.74 Å². The van der Waals surface area contributed by atoms with Gasteiger partial charge in [0.25, 0.3) is 0 Å². The highest BCUT2D eigenvalue weighted by Crippen LogP contribution is 2.35. The van der Waals surface area contributed by atoms with Gasteiger partial charge in [0.2, 0.25) is 0 Å². The van der Waals surface area contributed by atoms with Crippen molar-refractivity contribution in [2.75, 3.05) is 13.2 Å². The van der Waals surface area contributed by atoms with E-state index in [2.05, 4.69) is 4.36 Å². The molecule has 0 amide bonds. The Kier molecular flexibility index (Phi) is 7.40. The number of nitrogens with zero attached hydrogens (tertiary/aromatic N) is 1. The largest absolute Gasteiger partial charge is 0.464 e. The summed E-state index contributed by atoms with van der Waals surface area (Å²) in [5.74, 6) is -0.916. The highest BCUT2D eigenvalue weighted by molar-refractivity contribution is 7.93. The highest BCUT2D eigenvalue weighted by Gasteiger charge is 2.33. The molecule has 0 unspecified atom stereocenters. The number of rotatable bonds is 6. The number of carbonyl (C=O) groups is 1. The Morgan fingerprint density at radius 1 is 0.935 bits per heavy atom. The van der Waals surface area contributed by atoms with E-state index in [0.29, 0.717) is 12.1 Å². The van der Waals surface area contributed by atoms with Crippen molar-refractivity contribution in [3.8, 4) is 0 Å². The third-order valence-corrected chi connectivity index (χ3v) is 6.19. The maximum absolute atomic E-state index is 13.7. The Morgan fingerprint density at radius 2 is 1.39 bits per heavy atom. The first-order valence-corrected chi connectivity index (χ1v) is 10.5. The first-order chi connectivity index (χ1) is 14.2. The predicted octanol–water partition coefficient (Wildman–Crippen LogP) is 5.81. The van der Waals surface area contributed by atoms with E-state index in [9.17, 15) is 35.3 Å². The lowest BCUT2D eigenvalue weighted by Crippen LogP contribution is -2.15. The fraction of sp³-hybridized carbons (Fsp3) is 0.350. The van der Waals surface area contributed by atoms with Gasteiger partial charge in [-0.3, -0.25) is 4.79 Å². The molecular formula is C20H19F6NO3S. The van der Waals surface area contributed by atoms with E-state index in [1.165, 1.54) is 0 Å². The van der Waals surface area contributed by atoms with Crippen LogP contribution in [0.1, 0.15) is 25.0 Å². The summed E-state index contributed by atoms with van der Waals surface area (Å²) in [6.07, 6.45) is -9.55. The van der Waals surface area contributed by atoms with Crippen LogP contribution in [0.5, 0.6) is 0 Å². The summed E-state index contributed by atoms with van der Waals surface area (Å²) in [5, 5.41) is 0. The number of hydrogen-bond donors (Lipinski definition) is 0. The fourth-order valence-electron chi connectivity index (χ4n) is 2.42. The highest BCUT2D eigenvalue weighted by atomic mass is 32.2. The SMILES string of the molecule is CC(C)COC(=O)CN=S(=O)(c1cccc(C(F)(F)F)c1)c1cccc(C(F)(F)F)c1. The van der Waals surface area contributed by atoms with Gasteiger partial charge >= 0.3 is 18.3 Å². The molecule has 0 fully saturated rings. The molecule has 0 radical (unpaired) electrons. The van der Waals surface area contributed by atoms with Crippen LogP contribution in [0.2, 0.25) is 0 Å². The summed E-state index contributed by atoms with van der Waals surface area (Å²) in [6, 6.07) is 6.60. The summed E-state index contributed by atoms with van der Waals surface area (Å²) < 4.78 is 101. The zero-order valence-electron chi connectivity index (χ0n) is 16.5. The fourth-order valence-corrected chi connectivity index (χ4v) is 4.38. The van der Waals surface area contributed by atoms with E-state index < -0.39 is 55.5 Å². The number of ether oxygens (including phenoxy) is 1. The number of halogens is 6. The molecular weight excluding hydrogens is 448 g/mol. The average Bonchev–Trinajstić information content (AvgIpc) is 2.69. The summed E-state index contributed by atoms with van der Waals surface area (Å²) in [7, 11) is -4.02. The van der Waals surface area contributed by atoms with Gasteiger partial charge in [-0.1, -0.05) is 26.0 Å². The lowest BCUT2D eigenvalue weighted by Gasteiger charge is -2.15. The molecule has 0 heterocycles. The van der Waals surface area contributed by atoms with Crippen LogP contribution >= 0.6 is 0 Å². The molecule has 0 aliphatic carbocycles. The zero-order chi connectivity index (χ0) is 23.4. The quantitative estimate of drug-likeness (QED) is 0.398. The van der Waals surface area contributed by atoms with Crippen LogP contribution in [0, 0.1) is 5.92 Å². The van der Waals surface area contributed by atoms with E-state index in [1.54, 1.807) is 13.8 Å². The van der Waals surface area contributed by atoms with Crippen LogP contribution in [-0.4, -0.2) is 23.3 Å². The average molecular weight is 467 g/mol. The molecule has 4 nitrogen and oxygen atoms in total. The van der Waals surface area contributed by atoms with Gasteiger partial charge in [-0.15, -0.1) is 0 Å². The van der Waals surface area contributed by atoms with Crippen molar-refractivity contribution in [2.24, 2.45) is 10.3 Å². The number of alkyl halides is 6. The zero-order valence-corrected chi connectivity index (χ0v) is 17.3. The number of hydrogen-bond acceptors (Lipinski definition) is 4. The van der Waals surface area contributed by atoms with Crippen LogP contribution in [0.15, 0.2) is 62.7 Å². The molecule has 11 heteroatoms. The molecule has 0 aromatic heterocycles. The van der Waals surface area contributed by atoms with Gasteiger partial charge in [-0.05, 0) is 42.3 Å². The molecule has 2 rings (SSSR count). The molecule has 0 aliphatic rings. The lowest BCUT2D eigenvalue weighted by atomic mass is 10.2. The molecule has 0 spiro atoms. The number of esters is 1. The summed E-state index contributed by atoms with van der Waals surface area (Å²) in [4.78, 5) is 11.0. The topological polar surface area (TPSA) is 55.7 Å². The van der Waals surface area contributed by atoms with Crippen LogP contribution in [-0.2, 0) is 31.6 Å². The first kappa shape index (κ1) is 24.7. The van der Waals surface area contributed by atoms with Gasteiger partial charge < -0.3 is 4.74 Å². The Balaban J connectivity index is 2.62. The normalized spacial score (nSPS) is 12.7. The monoisotopic (exact) mass is 467 g/mol. The minimum atomic E-state index is -4.78. The van der Waals surface area contributed by atoms with E-state index in [-0.39, 0.29) is 12.5 Å². The lowest BCUT2D eigenvalue weighted by molar-refractivity contribution is -0.143. The second kappa shape index (κ2) is 9.29. The molecule has 170 valence electrons. The Morgan fingerprint density at radius 3 is 1.77 bits per heavy atom. The molecule has 0 N–H and O–H groups in total. The van der Waals surface area contributed by atoms with Crippen LogP contribution in [0.25, 0.3) is 0 Å². The Bertz CT molecular complexity index is 990. The molecule has 2 aromatic carbocycles. The van der Waals surface area contributed by atoms with Crippen molar-refractivity contribution in [2.45, 2.75) is 36.0 Å². The van der Waals surface area contributed by atoms with Crippen molar-refractivity contribution >= 4 is 15.7 Å². The second-order valence-corrected chi connectivity index (χ2v) is 9.19. The first-order valence-electron chi connectivity index (χ1n) is 8.96. The van der Waals surface area contributed by atoms with Gasteiger partial charge in [0.05, 0.1) is 27.5 Å². The summed E-state index contributed by atoms with van der Waals surface area (Å²) in [5.41, 5.74) is -2.30. The molecule has 31 heavy (non-hydrogen) atoms. The molecule has 0 saturated carbocycles. The summed E-state index contributed by atoms with van der Waals surface area (Å²) >= 11 is 0. The third-order valence-electron chi connectivity index (χ3n) is 3.91. The predicted molar refractivity (Wildman–Crippen MR) is 101 cm³/mol. The maximum atomic E-state index is 13.7. The number of carbonyl (C=O) groups excluding carboxylic acids is 1. The Labute approximate surface area is 175 Å². The molecule has 0 aliphatic heterocycles. The van der Waals surface area contributed by atoms with Gasteiger partial charge in [0.1, 0.15) is 16.3 Å². The van der Waals surface area contributed by atoms with Crippen LogP contribution in [0.4, 0.5) is 26.3 Å². The van der Waals surface area contributed by atoms with Crippen molar-refractivity contribution in [1.82, 2.24) is 0 Å². The molecule has 0 saturated heterocycles. The van der Waals surface area contributed by atoms with Gasteiger partial charge in [0, 0.05) is 0 Å². The van der Waals surface area contributed by atoms with Gasteiger partial charge in [-0.25, -0.2) is 8.57 Å². The van der Waals surface area contributed by atoms with Gasteiger partial charge in [-0.2, -0.15) is 26.3 Å². The van der Waals surface area contributed by atoms with Crippen molar-refractivity contribution in [3.05, 3.63) is 59.7 Å². The van der Waals surface area contributed by atoms with Crippen LogP contribution in [0.3, 0.4) is 0 Å². The molecule has 2 aromatic rings. The number of benzene rings is 2. The van der Waals surface area contributed by atoms with Crippen molar-refractivity contribution in [3.63, 3.8) is 0 Å². The maximum Gasteiger partial charge on any atom is 0.416 e. The minimum Gasteiger partial charge on any atom is -0.464 e. The van der Waals surface area contributed by atoms with Crippen molar-refractivity contribution < 1.29 is 40.1 Å². The molecule has 0 bridgehead atoms. The van der Waals surface area contributed by atoms with Crippen LogP contribution < -0.4 is 0 Å². The van der Waals surface area contributed by atoms with Gasteiger partial charge in [0.15, 0.2) is 0 Å². The molecule has 0 atom stereocenters. The smallest absolute Gasteiger partial charge is 0.416 e.